The van der Waals surface area contributed by atoms with Crippen molar-refractivity contribution in [1.82, 2.24) is 4.90 Å². The lowest BCUT2D eigenvalue weighted by Crippen LogP contribution is -2.35. The molecule has 0 atom stereocenters. The number of rotatable bonds is 1. The fourth-order valence-electron chi connectivity index (χ4n) is 3.39. The lowest BCUT2D eigenvalue weighted by Gasteiger charge is -2.29. The summed E-state index contributed by atoms with van der Waals surface area (Å²) >= 11 is 0. The minimum atomic E-state index is -0.358. The summed E-state index contributed by atoms with van der Waals surface area (Å²) in [5.74, 6) is -0.819. The van der Waals surface area contributed by atoms with Gasteiger partial charge in [0.05, 0.1) is 11.1 Å². The second kappa shape index (κ2) is 5.30. The Morgan fingerprint density at radius 2 is 1.75 bits per heavy atom. The van der Waals surface area contributed by atoms with Crippen LogP contribution in [0.4, 0.5) is 5.69 Å². The molecule has 0 radical (unpaired) electrons. The minimum absolute atomic E-state index is 0.139. The van der Waals surface area contributed by atoms with E-state index in [-0.39, 0.29) is 17.7 Å². The molecule has 24 heavy (non-hydrogen) atoms. The Bertz CT molecular complexity index is 888. The van der Waals surface area contributed by atoms with Crippen molar-refractivity contribution >= 4 is 23.4 Å². The van der Waals surface area contributed by atoms with Crippen LogP contribution in [0, 0.1) is 0 Å². The van der Waals surface area contributed by atoms with Crippen LogP contribution in [0.5, 0.6) is 0 Å². The zero-order chi connectivity index (χ0) is 16.8. The fourth-order valence-corrected chi connectivity index (χ4v) is 3.39. The van der Waals surface area contributed by atoms with Gasteiger partial charge < -0.3 is 4.90 Å². The van der Waals surface area contributed by atoms with E-state index in [1.165, 1.54) is 7.05 Å². The van der Waals surface area contributed by atoms with Gasteiger partial charge in [0.2, 0.25) is 0 Å². The number of amides is 3. The number of benzene rings is 2. The highest BCUT2D eigenvalue weighted by Crippen LogP contribution is 2.29. The van der Waals surface area contributed by atoms with Gasteiger partial charge in [0.1, 0.15) is 0 Å². The summed E-state index contributed by atoms with van der Waals surface area (Å²) in [7, 11) is 1.45. The molecule has 3 amide bonds. The molecule has 0 unspecified atom stereocenters. The molecule has 2 aromatic carbocycles. The first-order valence-corrected chi connectivity index (χ1v) is 7.94. The van der Waals surface area contributed by atoms with Gasteiger partial charge in [0, 0.05) is 24.8 Å². The SMILES string of the molecule is CN1C(=O)c2ccc(C(=O)N3CCCc4ccccc43)cc2C1=O. The molecule has 4 rings (SSSR count). The summed E-state index contributed by atoms with van der Waals surface area (Å²) in [5, 5.41) is 0. The van der Waals surface area contributed by atoms with Crippen molar-refractivity contribution in [3.05, 3.63) is 64.7 Å². The lowest BCUT2D eigenvalue weighted by atomic mass is 9.99. The van der Waals surface area contributed by atoms with Crippen molar-refractivity contribution in [3.63, 3.8) is 0 Å². The second-order valence-electron chi connectivity index (χ2n) is 6.12. The molecule has 2 aromatic rings. The average Bonchev–Trinajstić information content (AvgIpc) is 2.84. The van der Waals surface area contributed by atoms with Crippen LogP contribution in [0.2, 0.25) is 0 Å². The smallest absolute Gasteiger partial charge is 0.261 e. The fraction of sp³-hybridized carbons (Fsp3) is 0.211. The number of hydrogen-bond acceptors (Lipinski definition) is 3. The third kappa shape index (κ3) is 2.05. The minimum Gasteiger partial charge on any atom is -0.308 e. The predicted octanol–water partition coefficient (Wildman–Crippen LogP) is 2.51. The molecule has 2 aliphatic heterocycles. The Labute approximate surface area is 139 Å². The molecule has 0 saturated carbocycles. The number of aryl methyl sites for hydroxylation is 1. The Balaban J connectivity index is 1.73. The van der Waals surface area contributed by atoms with Gasteiger partial charge in [0.25, 0.3) is 17.7 Å². The number of fused-ring (bicyclic) bond motifs is 2. The molecule has 0 spiro atoms. The summed E-state index contributed by atoms with van der Waals surface area (Å²) < 4.78 is 0. The van der Waals surface area contributed by atoms with Crippen LogP contribution < -0.4 is 4.90 Å². The molecule has 5 heteroatoms. The van der Waals surface area contributed by atoms with E-state index >= 15 is 0 Å². The standard InChI is InChI=1S/C19H16N2O3/c1-20-18(23)14-9-8-13(11-15(14)19(20)24)17(22)21-10-4-6-12-5-2-3-7-16(12)21/h2-3,5,7-9,11H,4,6,10H2,1H3. The third-order valence-corrected chi connectivity index (χ3v) is 4.69. The lowest BCUT2D eigenvalue weighted by molar-refractivity contribution is 0.0693. The van der Waals surface area contributed by atoms with E-state index in [0.717, 1.165) is 29.0 Å². The monoisotopic (exact) mass is 320 g/mol. The van der Waals surface area contributed by atoms with E-state index in [1.54, 1.807) is 23.1 Å². The van der Waals surface area contributed by atoms with E-state index in [2.05, 4.69) is 0 Å². The maximum absolute atomic E-state index is 12.9. The molecule has 2 aliphatic rings. The van der Waals surface area contributed by atoms with Crippen LogP contribution in [0.1, 0.15) is 43.1 Å². The number of nitrogens with zero attached hydrogens (tertiary/aromatic N) is 2. The molecule has 120 valence electrons. The molecule has 0 aromatic heterocycles. The molecular formula is C19H16N2O3. The van der Waals surface area contributed by atoms with E-state index in [9.17, 15) is 14.4 Å². The summed E-state index contributed by atoms with van der Waals surface area (Å²) in [5.41, 5.74) is 3.18. The Morgan fingerprint density at radius 1 is 1.00 bits per heavy atom. The van der Waals surface area contributed by atoms with Crippen LogP contribution in [-0.2, 0) is 6.42 Å². The van der Waals surface area contributed by atoms with Crippen LogP contribution in [0.25, 0.3) is 0 Å². The van der Waals surface area contributed by atoms with Crippen molar-refractivity contribution < 1.29 is 14.4 Å². The number of carbonyl (C=O) groups is 3. The van der Waals surface area contributed by atoms with E-state index in [0.29, 0.717) is 23.2 Å². The van der Waals surface area contributed by atoms with E-state index in [1.807, 2.05) is 24.3 Å². The first-order valence-electron chi connectivity index (χ1n) is 7.94. The molecular weight excluding hydrogens is 304 g/mol. The number of hydrogen-bond donors (Lipinski definition) is 0. The van der Waals surface area contributed by atoms with Crippen molar-refractivity contribution in [2.24, 2.45) is 0 Å². The Hall–Kier alpha value is -2.95. The Kier molecular flexibility index (Phi) is 3.23. The van der Waals surface area contributed by atoms with Crippen LogP contribution in [0.3, 0.4) is 0 Å². The van der Waals surface area contributed by atoms with Crippen LogP contribution >= 0.6 is 0 Å². The number of carbonyl (C=O) groups excluding carboxylic acids is 3. The number of anilines is 1. The van der Waals surface area contributed by atoms with Crippen LogP contribution in [0.15, 0.2) is 42.5 Å². The van der Waals surface area contributed by atoms with Gasteiger partial charge in [-0.15, -0.1) is 0 Å². The highest BCUT2D eigenvalue weighted by Gasteiger charge is 2.34. The van der Waals surface area contributed by atoms with E-state index in [4.69, 9.17) is 0 Å². The zero-order valence-corrected chi connectivity index (χ0v) is 13.3. The summed E-state index contributed by atoms with van der Waals surface area (Å²) in [6.07, 6.45) is 1.87. The zero-order valence-electron chi connectivity index (χ0n) is 13.3. The molecule has 0 aliphatic carbocycles. The van der Waals surface area contributed by atoms with Crippen molar-refractivity contribution in [3.8, 4) is 0 Å². The summed E-state index contributed by atoms with van der Waals surface area (Å²) in [6.45, 7) is 0.652. The molecule has 0 saturated heterocycles. The largest absolute Gasteiger partial charge is 0.308 e. The number of imide groups is 1. The predicted molar refractivity (Wildman–Crippen MR) is 89.3 cm³/mol. The summed E-state index contributed by atoms with van der Waals surface area (Å²) in [6, 6.07) is 12.6. The van der Waals surface area contributed by atoms with Crippen LogP contribution in [-0.4, -0.2) is 36.2 Å². The van der Waals surface area contributed by atoms with Gasteiger partial charge in [-0.1, -0.05) is 18.2 Å². The Morgan fingerprint density at radius 3 is 2.58 bits per heavy atom. The second-order valence-corrected chi connectivity index (χ2v) is 6.12. The highest BCUT2D eigenvalue weighted by molar-refractivity contribution is 6.22. The van der Waals surface area contributed by atoms with Crippen molar-refractivity contribution in [2.45, 2.75) is 12.8 Å². The topological polar surface area (TPSA) is 57.7 Å². The molecule has 0 N–H and O–H groups in total. The van der Waals surface area contributed by atoms with Gasteiger partial charge in [-0.3, -0.25) is 19.3 Å². The van der Waals surface area contributed by atoms with Gasteiger partial charge in [-0.2, -0.15) is 0 Å². The van der Waals surface area contributed by atoms with E-state index < -0.39 is 0 Å². The molecule has 2 heterocycles. The van der Waals surface area contributed by atoms with Gasteiger partial charge in [-0.25, -0.2) is 0 Å². The van der Waals surface area contributed by atoms with Crippen molar-refractivity contribution in [1.29, 1.82) is 0 Å². The van der Waals surface area contributed by atoms with Gasteiger partial charge >= 0.3 is 0 Å². The quantitative estimate of drug-likeness (QED) is 0.759. The first kappa shape index (κ1) is 14.6. The van der Waals surface area contributed by atoms with Gasteiger partial charge in [0.15, 0.2) is 0 Å². The molecule has 0 bridgehead atoms. The maximum Gasteiger partial charge on any atom is 0.261 e. The average molecular weight is 320 g/mol. The summed E-state index contributed by atoms with van der Waals surface area (Å²) in [4.78, 5) is 39.9. The normalized spacial score (nSPS) is 16.2. The maximum atomic E-state index is 12.9. The number of para-hydroxylation sites is 1. The van der Waals surface area contributed by atoms with Crippen molar-refractivity contribution in [2.75, 3.05) is 18.5 Å². The first-order chi connectivity index (χ1) is 11.6. The third-order valence-electron chi connectivity index (χ3n) is 4.69. The highest BCUT2D eigenvalue weighted by atomic mass is 16.2. The molecule has 5 nitrogen and oxygen atoms in total. The van der Waals surface area contributed by atoms with Gasteiger partial charge in [-0.05, 0) is 42.7 Å². The molecule has 0 fully saturated rings.